The lowest BCUT2D eigenvalue weighted by Gasteiger charge is -2.28. The molecule has 2 aromatic heterocycles. The molecular weight excluding hydrogens is 457 g/mol. The van der Waals surface area contributed by atoms with E-state index in [-0.39, 0.29) is 16.4 Å². The Kier molecular flexibility index (Phi) is 6.22. The van der Waals surface area contributed by atoms with Gasteiger partial charge in [0.25, 0.3) is 5.91 Å². The maximum atomic E-state index is 15.0. The lowest BCUT2D eigenvalue weighted by Crippen LogP contribution is -2.41. The summed E-state index contributed by atoms with van der Waals surface area (Å²) in [4.78, 5) is 38.4. The second-order valence-corrected chi connectivity index (χ2v) is 10.0. The molecule has 5 rings (SSSR count). The van der Waals surface area contributed by atoms with Crippen LogP contribution in [-0.2, 0) is 5.54 Å². The fourth-order valence-electron chi connectivity index (χ4n) is 4.76. The van der Waals surface area contributed by atoms with Crippen LogP contribution in [0.3, 0.4) is 0 Å². The van der Waals surface area contributed by atoms with Crippen LogP contribution in [0.4, 0.5) is 10.2 Å². The Morgan fingerprint density at radius 1 is 1.03 bits per heavy atom. The molecule has 0 spiro atoms. The van der Waals surface area contributed by atoms with E-state index in [0.717, 1.165) is 50.0 Å². The average Bonchev–Trinajstić information content (AvgIpc) is 3.08. The highest BCUT2D eigenvalue weighted by Crippen LogP contribution is 2.24. The summed E-state index contributed by atoms with van der Waals surface area (Å²) in [7, 11) is 2.13. The highest BCUT2D eigenvalue weighted by molar-refractivity contribution is 6.00. The Morgan fingerprint density at radius 2 is 1.83 bits per heavy atom. The Morgan fingerprint density at radius 3 is 2.61 bits per heavy atom. The molecule has 0 aliphatic carbocycles. The van der Waals surface area contributed by atoms with E-state index in [1.165, 1.54) is 6.07 Å². The van der Waals surface area contributed by atoms with Crippen molar-refractivity contribution < 1.29 is 9.18 Å². The Hall–Kier alpha value is -3.78. The normalized spacial score (nSPS) is 15.3. The van der Waals surface area contributed by atoms with Gasteiger partial charge in [0.05, 0.1) is 16.6 Å². The number of fused-ring (bicyclic) bond motifs is 2. The third-order valence-electron chi connectivity index (χ3n) is 6.98. The van der Waals surface area contributed by atoms with Gasteiger partial charge in [0.2, 0.25) is 0 Å². The van der Waals surface area contributed by atoms with E-state index in [9.17, 15) is 9.59 Å². The summed E-state index contributed by atoms with van der Waals surface area (Å²) in [5.41, 5.74) is 0.673. The number of likely N-dealkylation sites (N-methyl/N-ethyl adjacent to an activating group) is 1. The molecule has 186 valence electrons. The minimum atomic E-state index is -0.792. The molecule has 1 fully saturated rings. The summed E-state index contributed by atoms with van der Waals surface area (Å²) in [6.45, 7) is 7.65. The molecule has 3 heterocycles. The number of aromatic amines is 1. The monoisotopic (exact) mass is 487 g/mol. The lowest BCUT2D eigenvalue weighted by molar-refractivity contribution is 0.0908. The number of rotatable bonds is 4. The molecule has 0 unspecified atom stereocenters. The van der Waals surface area contributed by atoms with E-state index in [2.05, 4.69) is 32.1 Å². The van der Waals surface area contributed by atoms with E-state index in [1.54, 1.807) is 24.4 Å². The summed E-state index contributed by atoms with van der Waals surface area (Å²) in [5.74, 6) is -0.392. The van der Waals surface area contributed by atoms with Crippen LogP contribution in [0, 0.1) is 5.82 Å². The minimum Gasteiger partial charge on any atom is -0.355 e. The number of benzene rings is 2. The molecule has 0 atom stereocenters. The zero-order valence-electron chi connectivity index (χ0n) is 20.8. The van der Waals surface area contributed by atoms with Crippen molar-refractivity contribution in [2.45, 2.75) is 25.8 Å². The molecule has 4 aromatic rings. The molecule has 0 bridgehead atoms. The van der Waals surface area contributed by atoms with Crippen molar-refractivity contribution in [3.05, 3.63) is 81.9 Å². The number of carbonyl (C=O) groups excluding carboxylic acids is 1. The first-order chi connectivity index (χ1) is 17.2. The molecule has 0 saturated carbocycles. The smallest absolute Gasteiger partial charge is 0.255 e. The van der Waals surface area contributed by atoms with Gasteiger partial charge in [-0.15, -0.1) is 0 Å². The van der Waals surface area contributed by atoms with Crippen LogP contribution in [0.15, 0.2) is 59.5 Å². The van der Waals surface area contributed by atoms with Crippen LogP contribution in [0.25, 0.3) is 21.8 Å². The van der Waals surface area contributed by atoms with Crippen LogP contribution >= 0.6 is 0 Å². The van der Waals surface area contributed by atoms with Gasteiger partial charge in [-0.2, -0.15) is 0 Å². The van der Waals surface area contributed by atoms with Crippen LogP contribution < -0.4 is 15.6 Å². The van der Waals surface area contributed by atoms with Crippen molar-refractivity contribution in [1.29, 1.82) is 0 Å². The van der Waals surface area contributed by atoms with E-state index in [4.69, 9.17) is 0 Å². The van der Waals surface area contributed by atoms with Gasteiger partial charge in [0.15, 0.2) is 5.43 Å². The maximum absolute atomic E-state index is 15.0. The summed E-state index contributed by atoms with van der Waals surface area (Å²) in [6.07, 6.45) is 2.85. The van der Waals surface area contributed by atoms with Crippen molar-refractivity contribution in [2.75, 3.05) is 38.1 Å². The summed E-state index contributed by atoms with van der Waals surface area (Å²) in [6, 6.07) is 13.5. The van der Waals surface area contributed by atoms with Crippen molar-refractivity contribution in [3.8, 4) is 0 Å². The van der Waals surface area contributed by atoms with Gasteiger partial charge in [-0.1, -0.05) is 18.2 Å². The number of pyridine rings is 2. The number of nitrogens with zero attached hydrogens (tertiary/aromatic N) is 3. The quantitative estimate of drug-likeness (QED) is 0.425. The fourth-order valence-corrected chi connectivity index (χ4v) is 4.76. The second-order valence-electron chi connectivity index (χ2n) is 10.0. The van der Waals surface area contributed by atoms with Crippen molar-refractivity contribution in [2.24, 2.45) is 0 Å². The molecule has 7 nitrogen and oxygen atoms in total. The predicted octanol–water partition coefficient (Wildman–Crippen LogP) is 4.02. The third kappa shape index (κ3) is 4.56. The number of amides is 1. The number of anilines is 1. The van der Waals surface area contributed by atoms with Crippen LogP contribution in [-0.4, -0.2) is 54.0 Å². The first-order valence-corrected chi connectivity index (χ1v) is 12.2. The number of H-pyrrole nitrogens is 1. The molecule has 8 heteroatoms. The topological polar surface area (TPSA) is 81.3 Å². The van der Waals surface area contributed by atoms with Crippen molar-refractivity contribution in [3.63, 3.8) is 0 Å². The second kappa shape index (κ2) is 9.35. The molecule has 2 aromatic carbocycles. The number of aromatic nitrogens is 2. The zero-order chi connectivity index (χ0) is 25.4. The minimum absolute atomic E-state index is 0.125. The predicted molar refractivity (Wildman–Crippen MR) is 141 cm³/mol. The van der Waals surface area contributed by atoms with Gasteiger partial charge in [0, 0.05) is 42.1 Å². The van der Waals surface area contributed by atoms with Gasteiger partial charge in [0.1, 0.15) is 11.6 Å². The largest absolute Gasteiger partial charge is 0.355 e. The van der Waals surface area contributed by atoms with Gasteiger partial charge >= 0.3 is 0 Å². The molecule has 1 aliphatic rings. The number of carbonyl (C=O) groups is 1. The number of hydrogen-bond donors (Lipinski definition) is 2. The number of para-hydroxylation sites is 1. The van der Waals surface area contributed by atoms with Crippen molar-refractivity contribution in [1.82, 2.24) is 20.2 Å². The maximum Gasteiger partial charge on any atom is 0.255 e. The Bertz CT molecular complexity index is 1500. The van der Waals surface area contributed by atoms with E-state index >= 15 is 4.39 Å². The van der Waals surface area contributed by atoms with E-state index in [0.29, 0.717) is 16.4 Å². The molecule has 1 amide bonds. The summed E-state index contributed by atoms with van der Waals surface area (Å²) >= 11 is 0. The van der Waals surface area contributed by atoms with Crippen LogP contribution in [0.5, 0.6) is 0 Å². The van der Waals surface area contributed by atoms with E-state index in [1.807, 2.05) is 32.0 Å². The summed E-state index contributed by atoms with van der Waals surface area (Å²) < 4.78 is 15.0. The van der Waals surface area contributed by atoms with Gasteiger partial charge < -0.3 is 20.1 Å². The van der Waals surface area contributed by atoms with E-state index < -0.39 is 17.3 Å². The standard InChI is InChI=1S/C28H30FN5O2/c1-28(2,18-9-10-25(30-17-18)34-12-6-11-33(3)13-14-34)32-27(36)20-16-24-21(15-22(20)29)26(35)19-7-4-5-8-23(19)31-24/h4-5,7-10,15-17H,6,11-14H2,1-3H3,(H,31,35)(H,32,36). The first kappa shape index (κ1) is 23.9. The Labute approximate surface area is 208 Å². The number of hydrogen-bond acceptors (Lipinski definition) is 5. The van der Waals surface area contributed by atoms with Crippen LogP contribution in [0.2, 0.25) is 0 Å². The average molecular weight is 488 g/mol. The SMILES string of the molecule is CN1CCCN(c2ccc(C(C)(C)NC(=O)c3cc4[nH]c5ccccc5c(=O)c4cc3F)cn2)CC1. The van der Waals surface area contributed by atoms with Gasteiger partial charge in [-0.25, -0.2) is 9.37 Å². The molecule has 1 aliphatic heterocycles. The van der Waals surface area contributed by atoms with Crippen LogP contribution in [0.1, 0.15) is 36.2 Å². The van der Waals surface area contributed by atoms with Gasteiger partial charge in [-0.3, -0.25) is 9.59 Å². The molecule has 0 radical (unpaired) electrons. The lowest BCUT2D eigenvalue weighted by atomic mass is 9.95. The van der Waals surface area contributed by atoms with Crippen molar-refractivity contribution >= 4 is 33.5 Å². The number of halogens is 1. The molecule has 36 heavy (non-hydrogen) atoms. The zero-order valence-corrected chi connectivity index (χ0v) is 20.8. The first-order valence-electron chi connectivity index (χ1n) is 12.2. The summed E-state index contributed by atoms with van der Waals surface area (Å²) in [5, 5.41) is 3.62. The molecular formula is C28H30FN5O2. The highest BCUT2D eigenvalue weighted by Gasteiger charge is 2.26. The third-order valence-corrected chi connectivity index (χ3v) is 6.98. The highest BCUT2D eigenvalue weighted by atomic mass is 19.1. The fraction of sp³-hybridized carbons (Fsp3) is 0.321. The Balaban J connectivity index is 1.39. The number of nitrogens with one attached hydrogen (secondary N) is 2. The van der Waals surface area contributed by atoms with Gasteiger partial charge in [-0.05, 0) is 69.8 Å². The molecule has 1 saturated heterocycles. The molecule has 2 N–H and O–H groups in total.